The Kier molecular flexibility index (Phi) is 9.74. The molecule has 4 amide bonds. The monoisotopic (exact) mass is 438 g/mol. The number of nitrogens with zero attached hydrogens (tertiary/aromatic N) is 1. The topological polar surface area (TPSA) is 148 Å². The van der Waals surface area contributed by atoms with Gasteiger partial charge < -0.3 is 26.0 Å². The Hall–Kier alpha value is -2.65. The lowest BCUT2D eigenvalue weighted by Crippen LogP contribution is -2.55. The number of hydrogen-bond acceptors (Lipinski definition) is 6. The Morgan fingerprint density at radius 3 is 2.65 bits per heavy atom. The number of rotatable bonds is 12. The van der Waals surface area contributed by atoms with E-state index in [0.717, 1.165) is 25.7 Å². The van der Waals surface area contributed by atoms with Crippen molar-refractivity contribution in [2.75, 3.05) is 13.2 Å². The second kappa shape index (κ2) is 12.3. The summed E-state index contributed by atoms with van der Waals surface area (Å²) in [6.07, 6.45) is 5.63. The van der Waals surface area contributed by atoms with Crippen LogP contribution in [0.1, 0.15) is 71.1 Å². The first-order valence-electron chi connectivity index (χ1n) is 11.2. The van der Waals surface area contributed by atoms with Crippen molar-refractivity contribution in [1.29, 1.82) is 0 Å². The number of primary amides is 1. The summed E-state index contributed by atoms with van der Waals surface area (Å²) < 4.78 is 5.21. The predicted octanol–water partition coefficient (Wildman–Crippen LogP) is 0.130. The number of esters is 1. The van der Waals surface area contributed by atoms with E-state index in [1.165, 1.54) is 4.90 Å². The molecule has 0 spiro atoms. The van der Waals surface area contributed by atoms with E-state index in [9.17, 15) is 24.0 Å². The first kappa shape index (κ1) is 24.6. The lowest BCUT2D eigenvalue weighted by Gasteiger charge is -2.28. The standard InChI is InChI=1S/C21H34N4O6/c1-2-3-4-5-13-31-18(27)11-9-15(24-20(29)14-8-10-17(26)23-14)21(30)25-12-6-7-16(25)19(22)28/h14-16H,2-13H2,1H3,(H2,22,28)(H,23,26)(H,24,29). The molecular formula is C21H34N4O6. The molecule has 2 aliphatic heterocycles. The average Bonchev–Trinajstić information content (AvgIpc) is 3.39. The normalized spacial score (nSPS) is 21.5. The molecular weight excluding hydrogens is 404 g/mol. The molecule has 31 heavy (non-hydrogen) atoms. The molecule has 2 fully saturated rings. The highest BCUT2D eigenvalue weighted by Crippen LogP contribution is 2.19. The highest BCUT2D eigenvalue weighted by atomic mass is 16.5. The van der Waals surface area contributed by atoms with Crippen molar-refractivity contribution >= 4 is 29.6 Å². The summed E-state index contributed by atoms with van der Waals surface area (Å²) in [5.41, 5.74) is 5.41. The number of amides is 4. The van der Waals surface area contributed by atoms with Crippen molar-refractivity contribution in [2.45, 2.75) is 89.3 Å². The molecule has 4 N–H and O–H groups in total. The number of carbonyl (C=O) groups is 5. The summed E-state index contributed by atoms with van der Waals surface area (Å²) in [6, 6.07) is -2.43. The van der Waals surface area contributed by atoms with Crippen LogP contribution in [0.4, 0.5) is 0 Å². The minimum atomic E-state index is -1.00. The molecule has 0 aromatic carbocycles. The number of hydrogen-bond donors (Lipinski definition) is 3. The highest BCUT2D eigenvalue weighted by molar-refractivity contribution is 5.95. The lowest BCUT2D eigenvalue weighted by atomic mass is 10.1. The van der Waals surface area contributed by atoms with Gasteiger partial charge in [-0.05, 0) is 32.1 Å². The van der Waals surface area contributed by atoms with Crippen LogP contribution >= 0.6 is 0 Å². The molecule has 2 rings (SSSR count). The van der Waals surface area contributed by atoms with E-state index in [1.54, 1.807) is 0 Å². The Morgan fingerprint density at radius 2 is 2.00 bits per heavy atom. The number of unbranched alkanes of at least 4 members (excludes halogenated alkanes) is 3. The van der Waals surface area contributed by atoms with Gasteiger partial charge in [0.2, 0.25) is 23.6 Å². The van der Waals surface area contributed by atoms with Crippen molar-refractivity contribution in [3.8, 4) is 0 Å². The van der Waals surface area contributed by atoms with Gasteiger partial charge in [0, 0.05) is 19.4 Å². The third kappa shape index (κ3) is 7.52. The molecule has 2 heterocycles. The molecule has 10 heteroatoms. The van der Waals surface area contributed by atoms with Gasteiger partial charge in [0.25, 0.3) is 0 Å². The number of nitrogens with one attached hydrogen (secondary N) is 2. The smallest absolute Gasteiger partial charge is 0.305 e. The molecule has 0 aromatic heterocycles. The fourth-order valence-corrected chi connectivity index (χ4v) is 3.92. The van der Waals surface area contributed by atoms with Crippen LogP contribution in [0.2, 0.25) is 0 Å². The van der Waals surface area contributed by atoms with Crippen molar-refractivity contribution in [2.24, 2.45) is 5.73 Å². The summed E-state index contributed by atoms with van der Waals surface area (Å²) in [4.78, 5) is 62.2. The Labute approximate surface area is 182 Å². The van der Waals surface area contributed by atoms with Gasteiger partial charge in [-0.15, -0.1) is 0 Å². The van der Waals surface area contributed by atoms with Crippen LogP contribution in [0.15, 0.2) is 0 Å². The minimum Gasteiger partial charge on any atom is -0.466 e. The zero-order valence-corrected chi connectivity index (χ0v) is 18.2. The summed E-state index contributed by atoms with van der Waals surface area (Å²) in [6.45, 7) is 2.78. The Bertz CT molecular complexity index is 683. The maximum Gasteiger partial charge on any atom is 0.305 e. The second-order valence-corrected chi connectivity index (χ2v) is 8.13. The summed E-state index contributed by atoms with van der Waals surface area (Å²) >= 11 is 0. The molecule has 174 valence electrons. The number of ether oxygens (including phenoxy) is 1. The fourth-order valence-electron chi connectivity index (χ4n) is 3.92. The summed E-state index contributed by atoms with van der Waals surface area (Å²) in [5, 5.41) is 5.21. The van der Waals surface area contributed by atoms with Crippen molar-refractivity contribution < 1.29 is 28.7 Å². The first-order valence-corrected chi connectivity index (χ1v) is 11.2. The van der Waals surface area contributed by atoms with E-state index >= 15 is 0 Å². The van der Waals surface area contributed by atoms with E-state index in [4.69, 9.17) is 10.5 Å². The van der Waals surface area contributed by atoms with E-state index in [-0.39, 0.29) is 25.2 Å². The van der Waals surface area contributed by atoms with Gasteiger partial charge in [0.1, 0.15) is 18.1 Å². The lowest BCUT2D eigenvalue weighted by molar-refractivity contribution is -0.145. The molecule has 0 radical (unpaired) electrons. The number of nitrogens with two attached hydrogens (primary N) is 1. The molecule has 2 saturated heterocycles. The van der Waals surface area contributed by atoms with Crippen LogP contribution in [0.3, 0.4) is 0 Å². The Morgan fingerprint density at radius 1 is 1.23 bits per heavy atom. The summed E-state index contributed by atoms with van der Waals surface area (Å²) in [5.74, 6) is -2.18. The molecule has 3 atom stereocenters. The number of carbonyl (C=O) groups excluding carboxylic acids is 5. The highest BCUT2D eigenvalue weighted by Gasteiger charge is 2.38. The van der Waals surface area contributed by atoms with E-state index in [0.29, 0.717) is 32.4 Å². The number of likely N-dealkylation sites (tertiary alicyclic amines) is 1. The van der Waals surface area contributed by atoms with Crippen LogP contribution in [-0.2, 0) is 28.7 Å². The minimum absolute atomic E-state index is 0.0427. The van der Waals surface area contributed by atoms with Gasteiger partial charge >= 0.3 is 5.97 Å². The van der Waals surface area contributed by atoms with Crippen LogP contribution < -0.4 is 16.4 Å². The maximum absolute atomic E-state index is 13.1. The molecule has 3 unspecified atom stereocenters. The Balaban J connectivity index is 1.95. The molecule has 10 nitrogen and oxygen atoms in total. The van der Waals surface area contributed by atoms with E-state index in [1.807, 2.05) is 0 Å². The maximum atomic E-state index is 13.1. The largest absolute Gasteiger partial charge is 0.466 e. The molecule has 0 bridgehead atoms. The predicted molar refractivity (Wildman–Crippen MR) is 111 cm³/mol. The van der Waals surface area contributed by atoms with Gasteiger partial charge in [0.05, 0.1) is 6.61 Å². The van der Waals surface area contributed by atoms with Crippen LogP contribution in [-0.4, -0.2) is 65.8 Å². The summed E-state index contributed by atoms with van der Waals surface area (Å²) in [7, 11) is 0. The molecule has 0 aliphatic carbocycles. The van der Waals surface area contributed by atoms with Gasteiger partial charge in [-0.1, -0.05) is 26.2 Å². The van der Waals surface area contributed by atoms with Crippen molar-refractivity contribution in [3.05, 3.63) is 0 Å². The van der Waals surface area contributed by atoms with Gasteiger partial charge in [0.15, 0.2) is 0 Å². The average molecular weight is 439 g/mol. The van der Waals surface area contributed by atoms with Gasteiger partial charge in [-0.2, -0.15) is 0 Å². The van der Waals surface area contributed by atoms with Crippen LogP contribution in [0, 0.1) is 0 Å². The third-order valence-electron chi connectivity index (χ3n) is 5.69. The quantitative estimate of drug-likeness (QED) is 0.291. The van der Waals surface area contributed by atoms with Gasteiger partial charge in [-0.25, -0.2) is 0 Å². The fraction of sp³-hybridized carbons (Fsp3) is 0.762. The molecule has 0 aromatic rings. The third-order valence-corrected chi connectivity index (χ3v) is 5.69. The molecule has 2 aliphatic rings. The van der Waals surface area contributed by atoms with E-state index < -0.39 is 41.8 Å². The van der Waals surface area contributed by atoms with Crippen LogP contribution in [0.5, 0.6) is 0 Å². The SMILES string of the molecule is CCCCCCOC(=O)CCC(NC(=O)C1CCC(=O)N1)C(=O)N1CCCC1C(N)=O. The van der Waals surface area contributed by atoms with Gasteiger partial charge in [-0.3, -0.25) is 24.0 Å². The van der Waals surface area contributed by atoms with Crippen molar-refractivity contribution in [3.63, 3.8) is 0 Å². The zero-order valence-electron chi connectivity index (χ0n) is 18.2. The zero-order chi connectivity index (χ0) is 22.8. The second-order valence-electron chi connectivity index (χ2n) is 8.13. The van der Waals surface area contributed by atoms with Crippen molar-refractivity contribution in [1.82, 2.24) is 15.5 Å². The van der Waals surface area contributed by atoms with Crippen LogP contribution in [0.25, 0.3) is 0 Å². The van der Waals surface area contributed by atoms with E-state index in [2.05, 4.69) is 17.6 Å². The first-order chi connectivity index (χ1) is 14.8. The molecule has 0 saturated carbocycles.